The third-order valence-corrected chi connectivity index (χ3v) is 4.31. The van der Waals surface area contributed by atoms with Gasteiger partial charge in [-0.25, -0.2) is 0 Å². The number of esters is 1. The zero-order valence-electron chi connectivity index (χ0n) is 16.1. The van der Waals surface area contributed by atoms with Gasteiger partial charge in [0.25, 0.3) is 0 Å². The first-order valence-electron chi connectivity index (χ1n) is 10.2. The molecule has 0 rings (SSSR count). The Kier molecular flexibility index (Phi) is 34.8. The molecule has 4 nitrogen and oxygen atoms in total. The molecule has 150 valence electrons. The standard InChI is InChI=1S/C21H38O4.2K.2H/c1-2-3-4-5-6-7-8-9-10-11-12-13-14-15-16-19-25-21(24)18-17-20(22)23;;;;/h16,19H,2-15,17-18H2,1H3,(H,22,23);;;;. The quantitative estimate of drug-likeness (QED) is 0.141. The zero-order chi connectivity index (χ0) is 18.6. The molecule has 0 aromatic carbocycles. The van der Waals surface area contributed by atoms with Crippen LogP contribution in [0.15, 0.2) is 12.3 Å². The Morgan fingerprint density at radius 1 is 0.741 bits per heavy atom. The minimum absolute atomic E-state index is 0. The number of hydrogen-bond acceptors (Lipinski definition) is 3. The van der Waals surface area contributed by atoms with E-state index >= 15 is 0 Å². The average molecular weight is 435 g/mol. The van der Waals surface area contributed by atoms with E-state index in [0.29, 0.717) is 0 Å². The maximum atomic E-state index is 11.2. The number of aliphatic carboxylic acids is 1. The Hall–Kier alpha value is 1.95. The van der Waals surface area contributed by atoms with Gasteiger partial charge in [0, 0.05) is 0 Å². The van der Waals surface area contributed by atoms with Gasteiger partial charge in [-0.05, 0) is 18.9 Å². The van der Waals surface area contributed by atoms with Crippen LogP contribution in [0.1, 0.15) is 110 Å². The van der Waals surface area contributed by atoms with Crippen LogP contribution in [-0.2, 0) is 14.3 Å². The molecule has 0 aliphatic heterocycles. The van der Waals surface area contributed by atoms with Gasteiger partial charge < -0.3 is 9.84 Å². The van der Waals surface area contributed by atoms with Crippen molar-refractivity contribution in [2.45, 2.75) is 110 Å². The van der Waals surface area contributed by atoms with Crippen molar-refractivity contribution in [2.75, 3.05) is 0 Å². The van der Waals surface area contributed by atoms with Crippen molar-refractivity contribution >= 4 is 115 Å². The predicted octanol–water partition coefficient (Wildman–Crippen LogP) is 5.09. The summed E-state index contributed by atoms with van der Waals surface area (Å²) in [6, 6.07) is 0. The molecule has 6 heteroatoms. The molecule has 0 saturated heterocycles. The molecule has 0 aliphatic carbocycles. The number of hydrogen-bond donors (Lipinski definition) is 1. The van der Waals surface area contributed by atoms with Crippen molar-refractivity contribution in [1.82, 2.24) is 0 Å². The molecule has 0 heterocycles. The van der Waals surface area contributed by atoms with Crippen LogP contribution in [0.3, 0.4) is 0 Å². The number of carbonyl (C=O) groups is 2. The molecule has 0 spiro atoms. The van der Waals surface area contributed by atoms with Gasteiger partial charge in [-0.1, -0.05) is 84.0 Å². The molecule has 0 radical (unpaired) electrons. The SMILES string of the molecule is CCCCCCCCCCCCCCCC=COC(=O)CCC(=O)O.[KH].[KH]. The number of unbranched alkanes of at least 4 members (excludes halogenated alkanes) is 13. The van der Waals surface area contributed by atoms with Crippen LogP contribution < -0.4 is 0 Å². The van der Waals surface area contributed by atoms with E-state index in [-0.39, 0.29) is 116 Å². The Bertz CT molecular complexity index is 360. The van der Waals surface area contributed by atoms with Crippen molar-refractivity contribution in [2.24, 2.45) is 0 Å². The van der Waals surface area contributed by atoms with Crippen molar-refractivity contribution in [3.8, 4) is 0 Å². The summed E-state index contributed by atoms with van der Waals surface area (Å²) >= 11 is 0. The summed E-state index contributed by atoms with van der Waals surface area (Å²) in [5, 5.41) is 8.45. The number of ether oxygens (including phenoxy) is 1. The van der Waals surface area contributed by atoms with E-state index in [9.17, 15) is 9.59 Å². The third kappa shape index (κ3) is 30.2. The summed E-state index contributed by atoms with van der Waals surface area (Å²) in [5.74, 6) is -1.46. The number of allylic oxidation sites excluding steroid dienone is 1. The van der Waals surface area contributed by atoms with Gasteiger partial charge in [-0.15, -0.1) is 0 Å². The molecule has 0 aliphatic rings. The van der Waals surface area contributed by atoms with E-state index in [4.69, 9.17) is 9.84 Å². The molecular weight excluding hydrogens is 394 g/mol. The van der Waals surface area contributed by atoms with Gasteiger partial charge in [0.1, 0.15) is 0 Å². The molecule has 0 fully saturated rings. The summed E-state index contributed by atoms with van der Waals surface area (Å²) in [6.45, 7) is 2.26. The predicted molar refractivity (Wildman–Crippen MR) is 117 cm³/mol. The second-order valence-corrected chi connectivity index (χ2v) is 6.79. The average Bonchev–Trinajstić information content (AvgIpc) is 2.59. The Balaban J connectivity index is -0.00000288. The zero-order valence-corrected chi connectivity index (χ0v) is 16.1. The maximum absolute atomic E-state index is 11.2. The molecule has 0 unspecified atom stereocenters. The van der Waals surface area contributed by atoms with Crippen LogP contribution in [0.2, 0.25) is 0 Å². The molecule has 0 amide bonds. The van der Waals surface area contributed by atoms with Gasteiger partial charge in [0.05, 0.1) is 19.1 Å². The van der Waals surface area contributed by atoms with E-state index in [0.717, 1.165) is 12.8 Å². The third-order valence-electron chi connectivity index (χ3n) is 4.31. The second-order valence-electron chi connectivity index (χ2n) is 6.79. The van der Waals surface area contributed by atoms with Crippen molar-refractivity contribution < 1.29 is 19.4 Å². The van der Waals surface area contributed by atoms with Gasteiger partial charge in [-0.3, -0.25) is 9.59 Å². The van der Waals surface area contributed by atoms with E-state index < -0.39 is 11.9 Å². The number of rotatable bonds is 18. The van der Waals surface area contributed by atoms with Crippen LogP contribution in [0.25, 0.3) is 0 Å². The van der Waals surface area contributed by atoms with Crippen LogP contribution in [0, 0.1) is 0 Å². The molecule has 0 aromatic rings. The molecular formula is C21H40K2O4. The van der Waals surface area contributed by atoms with Crippen molar-refractivity contribution in [3.63, 3.8) is 0 Å². The Morgan fingerprint density at radius 2 is 1.19 bits per heavy atom. The van der Waals surface area contributed by atoms with Crippen LogP contribution in [-0.4, -0.2) is 120 Å². The first-order chi connectivity index (χ1) is 12.2. The van der Waals surface area contributed by atoms with E-state index in [1.807, 2.05) is 6.08 Å². The molecule has 0 saturated carbocycles. The van der Waals surface area contributed by atoms with Crippen molar-refractivity contribution in [3.05, 3.63) is 12.3 Å². The fourth-order valence-corrected chi connectivity index (χ4v) is 2.74. The molecule has 1 N–H and O–H groups in total. The van der Waals surface area contributed by atoms with Gasteiger partial charge in [0.15, 0.2) is 0 Å². The summed E-state index contributed by atoms with van der Waals surface area (Å²) < 4.78 is 4.82. The number of carboxylic acids is 1. The van der Waals surface area contributed by atoms with Gasteiger partial charge >= 0.3 is 115 Å². The van der Waals surface area contributed by atoms with E-state index in [2.05, 4.69) is 6.92 Å². The van der Waals surface area contributed by atoms with E-state index in [1.165, 1.54) is 83.3 Å². The summed E-state index contributed by atoms with van der Waals surface area (Å²) in [7, 11) is 0. The number of carbonyl (C=O) groups excluding carboxylic acids is 1. The topological polar surface area (TPSA) is 63.6 Å². The van der Waals surface area contributed by atoms with Gasteiger partial charge in [-0.2, -0.15) is 0 Å². The summed E-state index contributed by atoms with van der Waals surface area (Å²) in [6.07, 6.45) is 21.3. The molecule has 27 heavy (non-hydrogen) atoms. The fraction of sp³-hybridized carbons (Fsp3) is 0.810. The minimum atomic E-state index is -0.979. The summed E-state index contributed by atoms with van der Waals surface area (Å²) in [4.78, 5) is 21.5. The Labute approximate surface area is 251 Å². The molecule has 0 aromatic heterocycles. The van der Waals surface area contributed by atoms with Gasteiger partial charge in [0.2, 0.25) is 0 Å². The van der Waals surface area contributed by atoms with Crippen LogP contribution in [0.4, 0.5) is 0 Å². The normalized spacial score (nSPS) is 10.3. The van der Waals surface area contributed by atoms with Crippen molar-refractivity contribution in [1.29, 1.82) is 0 Å². The monoisotopic (exact) mass is 434 g/mol. The first kappa shape index (κ1) is 33.6. The Morgan fingerprint density at radius 3 is 1.63 bits per heavy atom. The van der Waals surface area contributed by atoms with Crippen LogP contribution >= 0.6 is 0 Å². The molecule has 0 atom stereocenters. The van der Waals surface area contributed by atoms with Crippen LogP contribution in [0.5, 0.6) is 0 Å². The second kappa shape index (κ2) is 28.0. The molecule has 0 bridgehead atoms. The summed E-state index contributed by atoms with van der Waals surface area (Å²) in [5.41, 5.74) is 0. The number of carboxylic acid groups (broad SMARTS) is 1. The fourth-order valence-electron chi connectivity index (χ4n) is 2.74. The van der Waals surface area contributed by atoms with E-state index in [1.54, 1.807) is 0 Å². The first-order valence-corrected chi connectivity index (χ1v) is 10.2.